The predicted octanol–water partition coefficient (Wildman–Crippen LogP) is 8.90. The van der Waals surface area contributed by atoms with Crippen LogP contribution in [-0.4, -0.2) is 61.2 Å². The van der Waals surface area contributed by atoms with Crippen LogP contribution >= 0.6 is 97.7 Å². The molecule has 4 unspecified atom stereocenters. The topological polar surface area (TPSA) is 0 Å². The maximum atomic E-state index is 3.67. The van der Waals surface area contributed by atoms with Crippen LogP contribution in [0, 0.1) is 0 Å². The van der Waals surface area contributed by atoms with Crippen molar-refractivity contribution in [2.24, 2.45) is 0 Å². The fourth-order valence-electron chi connectivity index (χ4n) is 1.12. The minimum atomic E-state index is 0. The Morgan fingerprint density at radius 3 is 0.792 bits per heavy atom. The van der Waals surface area contributed by atoms with E-state index < -0.39 is 0 Å². The molecule has 0 saturated heterocycles. The van der Waals surface area contributed by atoms with Crippen LogP contribution in [0.2, 0.25) is 17.9 Å². The first-order valence-electron chi connectivity index (χ1n) is 8.12. The van der Waals surface area contributed by atoms with Crippen molar-refractivity contribution in [2.45, 2.75) is 90.6 Å². The summed E-state index contributed by atoms with van der Waals surface area (Å²) in [5.74, 6) is 0. The molecule has 0 fully saturated rings. The molecule has 0 aromatic carbocycles. The molecule has 0 heterocycles. The summed E-state index contributed by atoms with van der Waals surface area (Å²) in [6.45, 7) is 8.99. The van der Waals surface area contributed by atoms with Crippen molar-refractivity contribution in [3.05, 3.63) is 0 Å². The van der Waals surface area contributed by atoms with Gasteiger partial charge in [0.1, 0.15) is 0 Å². The van der Waals surface area contributed by atoms with Crippen LogP contribution < -0.4 is 0 Å². The van der Waals surface area contributed by atoms with E-state index in [0.29, 0.717) is 0 Å². The minimum absolute atomic E-state index is 0. The molecule has 0 aromatic heterocycles. The van der Waals surface area contributed by atoms with E-state index in [1.54, 1.807) is 0 Å². The molecule has 0 aliphatic carbocycles. The Morgan fingerprint density at radius 2 is 0.667 bits per heavy atom. The SMILES string of the molecule is Br.Br.CCC(Br)C[Te]CC(Br)CC.CCC(Br)C[Te]CC(Br)CC. The average Bonchev–Trinajstić information content (AvgIpc) is 2.54. The van der Waals surface area contributed by atoms with Gasteiger partial charge in [0.15, 0.2) is 0 Å². The first kappa shape index (κ1) is 35.9. The van der Waals surface area contributed by atoms with Gasteiger partial charge in [-0.05, 0) is 0 Å². The van der Waals surface area contributed by atoms with Gasteiger partial charge in [-0.25, -0.2) is 0 Å². The zero-order chi connectivity index (χ0) is 17.4. The van der Waals surface area contributed by atoms with E-state index in [2.05, 4.69) is 91.4 Å². The summed E-state index contributed by atoms with van der Waals surface area (Å²) in [6.07, 6.45) is 5.13. The van der Waals surface area contributed by atoms with Crippen LogP contribution in [0.5, 0.6) is 0 Å². The molecule has 0 saturated carbocycles. The molecule has 8 heteroatoms. The first-order chi connectivity index (χ1) is 10.4. The molecular formula is C16H34Br6Te2. The zero-order valence-electron chi connectivity index (χ0n) is 15.1. The van der Waals surface area contributed by atoms with E-state index in [4.69, 9.17) is 0 Å². The van der Waals surface area contributed by atoms with Crippen LogP contribution in [0.15, 0.2) is 0 Å². The van der Waals surface area contributed by atoms with Gasteiger partial charge in [0, 0.05) is 0 Å². The number of halogens is 6. The van der Waals surface area contributed by atoms with Crippen molar-refractivity contribution < 1.29 is 0 Å². The molecule has 0 bridgehead atoms. The molecular weight excluding hydrogens is 927 g/mol. The van der Waals surface area contributed by atoms with Crippen LogP contribution in [0.3, 0.4) is 0 Å². The molecule has 0 amide bonds. The Kier molecular flexibility index (Phi) is 41.0. The molecule has 0 rings (SSSR count). The number of hydrogen-bond acceptors (Lipinski definition) is 0. The third-order valence-electron chi connectivity index (χ3n) is 2.97. The Bertz CT molecular complexity index is 183. The first-order valence-corrected chi connectivity index (χ1v) is 18.4. The third-order valence-corrected chi connectivity index (χ3v) is 19.5. The van der Waals surface area contributed by atoms with E-state index in [9.17, 15) is 0 Å². The van der Waals surface area contributed by atoms with Crippen molar-refractivity contribution in [3.63, 3.8) is 0 Å². The summed E-state index contributed by atoms with van der Waals surface area (Å²) in [4.78, 5) is 3.17. The molecule has 24 heavy (non-hydrogen) atoms. The van der Waals surface area contributed by atoms with Crippen molar-refractivity contribution >= 4 is 140 Å². The third kappa shape index (κ3) is 28.7. The summed E-state index contributed by atoms with van der Waals surface area (Å²) in [6, 6.07) is 0. The summed E-state index contributed by atoms with van der Waals surface area (Å²) >= 11 is 15.2. The van der Waals surface area contributed by atoms with Crippen LogP contribution in [0.25, 0.3) is 0 Å². The molecule has 0 radical (unpaired) electrons. The van der Waals surface area contributed by atoms with E-state index in [1.807, 2.05) is 0 Å². The molecule has 0 spiro atoms. The van der Waals surface area contributed by atoms with Crippen LogP contribution in [-0.2, 0) is 0 Å². The van der Waals surface area contributed by atoms with Crippen LogP contribution in [0.1, 0.15) is 53.4 Å². The summed E-state index contributed by atoms with van der Waals surface area (Å²) in [7, 11) is 0. The summed E-state index contributed by atoms with van der Waals surface area (Å²) < 4.78 is 5.79. The molecule has 0 aromatic rings. The van der Waals surface area contributed by atoms with E-state index >= 15 is 0 Å². The molecule has 0 N–H and O–H groups in total. The maximum absolute atomic E-state index is 3.67. The zero-order valence-corrected chi connectivity index (χ0v) is 29.5. The van der Waals surface area contributed by atoms with Gasteiger partial charge in [0.2, 0.25) is 0 Å². The normalized spacial score (nSPS) is 15.0. The van der Waals surface area contributed by atoms with Gasteiger partial charge < -0.3 is 0 Å². The van der Waals surface area contributed by atoms with Crippen molar-refractivity contribution in [1.29, 1.82) is 0 Å². The quantitative estimate of drug-likeness (QED) is 0.136. The molecule has 152 valence electrons. The second-order valence-electron chi connectivity index (χ2n) is 5.10. The van der Waals surface area contributed by atoms with Crippen molar-refractivity contribution in [2.75, 3.05) is 0 Å². The van der Waals surface area contributed by atoms with Gasteiger partial charge in [-0.2, -0.15) is 0 Å². The van der Waals surface area contributed by atoms with E-state index in [0.717, 1.165) is 19.3 Å². The van der Waals surface area contributed by atoms with Gasteiger partial charge in [-0.15, -0.1) is 34.0 Å². The Hall–Kier alpha value is 4.46. The van der Waals surface area contributed by atoms with E-state index in [-0.39, 0.29) is 75.8 Å². The monoisotopic (exact) mass is 960 g/mol. The summed E-state index contributed by atoms with van der Waals surface area (Å²) in [5, 5.41) is 0. The van der Waals surface area contributed by atoms with Gasteiger partial charge in [-0.1, -0.05) is 0 Å². The predicted molar refractivity (Wildman–Crippen MR) is 143 cm³/mol. The van der Waals surface area contributed by atoms with Gasteiger partial charge >= 0.3 is 196 Å². The molecule has 0 aliphatic heterocycles. The Labute approximate surface area is 226 Å². The molecule has 4 atom stereocenters. The summed E-state index contributed by atoms with van der Waals surface area (Å²) in [5.41, 5.74) is 0. The van der Waals surface area contributed by atoms with Gasteiger partial charge in [-0.3, -0.25) is 0 Å². The second kappa shape index (κ2) is 27.5. The van der Waals surface area contributed by atoms with Crippen molar-refractivity contribution in [3.8, 4) is 0 Å². The number of rotatable bonds is 12. The standard InChI is InChI=1S/2C8H16Br2Te.2BrH/c2*1-3-7(9)5-11-6-8(10)4-2;;/h2*7-8H,3-6H2,1-2H3;2*1H. The fourth-order valence-corrected chi connectivity index (χ4v) is 12.5. The Morgan fingerprint density at radius 1 is 0.500 bits per heavy atom. The molecule has 0 aliphatic rings. The van der Waals surface area contributed by atoms with E-state index in [1.165, 1.54) is 43.6 Å². The van der Waals surface area contributed by atoms with Gasteiger partial charge in [0.05, 0.1) is 0 Å². The van der Waals surface area contributed by atoms with Crippen molar-refractivity contribution in [1.82, 2.24) is 0 Å². The Balaban J connectivity index is -0.000000154. The van der Waals surface area contributed by atoms with Gasteiger partial charge in [0.25, 0.3) is 0 Å². The number of alkyl halides is 4. The van der Waals surface area contributed by atoms with Crippen LogP contribution in [0.4, 0.5) is 0 Å². The average molecular weight is 961 g/mol. The number of hydrogen-bond donors (Lipinski definition) is 0. The second-order valence-corrected chi connectivity index (χ2v) is 16.4. The fraction of sp³-hybridized carbons (Fsp3) is 1.00. The molecule has 0 nitrogen and oxygen atoms in total.